The fourth-order valence-corrected chi connectivity index (χ4v) is 2.77. The molecule has 0 amide bonds. The molecule has 0 aliphatic rings. The van der Waals surface area contributed by atoms with Crippen molar-refractivity contribution in [1.29, 1.82) is 5.26 Å². The lowest BCUT2D eigenvalue weighted by Crippen LogP contribution is -2.31. The molecule has 7 heteroatoms. The van der Waals surface area contributed by atoms with E-state index in [1.165, 1.54) is 13.1 Å². The van der Waals surface area contributed by atoms with E-state index in [9.17, 15) is 12.8 Å². The first-order chi connectivity index (χ1) is 8.28. The molecule has 0 aliphatic heterocycles. The highest BCUT2D eigenvalue weighted by Crippen LogP contribution is 2.21. The van der Waals surface area contributed by atoms with Gasteiger partial charge >= 0.3 is 0 Å². The molecule has 98 valence electrons. The average Bonchev–Trinajstić information content (AvgIpc) is 2.31. The zero-order valence-electron chi connectivity index (χ0n) is 10.1. The monoisotopic (exact) mass is 271 g/mol. The second kappa shape index (κ2) is 5.33. The van der Waals surface area contributed by atoms with E-state index in [0.29, 0.717) is 0 Å². The Balaban J connectivity index is 3.14. The van der Waals surface area contributed by atoms with E-state index in [2.05, 4.69) is 0 Å². The number of sulfonamides is 1. The summed E-state index contributed by atoms with van der Waals surface area (Å²) in [4.78, 5) is -0.477. The molecular formula is C11H14FN3O2S. The van der Waals surface area contributed by atoms with Crippen molar-refractivity contribution >= 4 is 15.7 Å². The van der Waals surface area contributed by atoms with Crippen LogP contribution < -0.4 is 5.73 Å². The molecule has 1 atom stereocenters. The Kier molecular flexibility index (Phi) is 4.27. The first-order valence-corrected chi connectivity index (χ1v) is 6.64. The van der Waals surface area contributed by atoms with Crippen LogP contribution in [0.15, 0.2) is 23.1 Å². The summed E-state index contributed by atoms with van der Waals surface area (Å²) in [5.41, 5.74) is 5.61. The van der Waals surface area contributed by atoms with E-state index < -0.39 is 26.7 Å². The Morgan fingerprint density at radius 1 is 1.56 bits per heavy atom. The van der Waals surface area contributed by atoms with Gasteiger partial charge in [0.1, 0.15) is 10.7 Å². The smallest absolute Gasteiger partial charge is 0.245 e. The van der Waals surface area contributed by atoms with Crippen molar-refractivity contribution in [2.24, 2.45) is 5.92 Å². The molecular weight excluding hydrogens is 257 g/mol. The number of benzene rings is 1. The fraction of sp³-hybridized carbons (Fsp3) is 0.364. The van der Waals surface area contributed by atoms with Crippen LogP contribution in [-0.4, -0.2) is 26.3 Å². The molecule has 1 aromatic carbocycles. The van der Waals surface area contributed by atoms with Gasteiger partial charge in [-0.3, -0.25) is 0 Å². The number of nitriles is 1. The predicted octanol–water partition coefficient (Wildman–Crippen LogP) is 1.19. The van der Waals surface area contributed by atoms with Gasteiger partial charge in [0.05, 0.1) is 12.0 Å². The molecule has 0 fully saturated rings. The normalized spacial score (nSPS) is 13.3. The zero-order valence-corrected chi connectivity index (χ0v) is 10.9. The predicted molar refractivity (Wildman–Crippen MR) is 65.4 cm³/mol. The first-order valence-electron chi connectivity index (χ1n) is 5.20. The highest BCUT2D eigenvalue weighted by Gasteiger charge is 2.25. The minimum atomic E-state index is -3.97. The maximum absolute atomic E-state index is 13.5. The van der Waals surface area contributed by atoms with Crippen molar-refractivity contribution in [3.05, 3.63) is 24.0 Å². The van der Waals surface area contributed by atoms with E-state index >= 15 is 0 Å². The number of nitrogens with two attached hydrogens (primary N) is 1. The van der Waals surface area contributed by atoms with Gasteiger partial charge in [0.25, 0.3) is 0 Å². The standard InChI is InChI=1S/C11H14FN3O2S/c1-8(6-13)7-15(2)18(16,17)11-5-9(14)3-4-10(11)12/h3-5,8H,7,14H2,1-2H3. The highest BCUT2D eigenvalue weighted by molar-refractivity contribution is 7.89. The van der Waals surface area contributed by atoms with E-state index in [4.69, 9.17) is 11.0 Å². The van der Waals surface area contributed by atoms with E-state index in [1.807, 2.05) is 6.07 Å². The lowest BCUT2D eigenvalue weighted by Gasteiger charge is -2.18. The molecule has 0 saturated carbocycles. The third-order valence-electron chi connectivity index (χ3n) is 2.39. The van der Waals surface area contributed by atoms with Crippen LogP contribution in [0.5, 0.6) is 0 Å². The van der Waals surface area contributed by atoms with Gasteiger partial charge in [0.15, 0.2) is 0 Å². The Morgan fingerprint density at radius 2 is 2.17 bits per heavy atom. The summed E-state index contributed by atoms with van der Waals surface area (Å²) in [5.74, 6) is -1.34. The van der Waals surface area contributed by atoms with Gasteiger partial charge in [-0.15, -0.1) is 0 Å². The maximum Gasteiger partial charge on any atom is 0.245 e. The molecule has 0 aliphatic carbocycles. The summed E-state index contributed by atoms with van der Waals surface area (Å²) < 4.78 is 38.6. The fourth-order valence-electron chi connectivity index (χ4n) is 1.41. The number of nitrogens with zero attached hydrogens (tertiary/aromatic N) is 2. The summed E-state index contributed by atoms with van der Waals surface area (Å²) >= 11 is 0. The van der Waals surface area contributed by atoms with Gasteiger partial charge in [0.2, 0.25) is 10.0 Å². The molecule has 0 saturated heterocycles. The maximum atomic E-state index is 13.5. The molecule has 0 spiro atoms. The SMILES string of the molecule is CC(C#N)CN(C)S(=O)(=O)c1cc(N)ccc1F. The minimum absolute atomic E-state index is 0.00687. The van der Waals surface area contributed by atoms with Crippen molar-refractivity contribution in [2.75, 3.05) is 19.3 Å². The van der Waals surface area contributed by atoms with Crippen LogP contribution in [0.1, 0.15) is 6.92 Å². The van der Waals surface area contributed by atoms with Crippen LogP contribution in [0.4, 0.5) is 10.1 Å². The van der Waals surface area contributed by atoms with Gasteiger partial charge in [-0.2, -0.15) is 9.57 Å². The summed E-state index contributed by atoms with van der Waals surface area (Å²) in [6.07, 6.45) is 0. The molecule has 18 heavy (non-hydrogen) atoms. The van der Waals surface area contributed by atoms with Crippen LogP contribution in [-0.2, 0) is 10.0 Å². The molecule has 1 aromatic rings. The average molecular weight is 271 g/mol. The third-order valence-corrected chi connectivity index (χ3v) is 4.23. The lowest BCUT2D eigenvalue weighted by molar-refractivity contribution is 0.434. The molecule has 0 bridgehead atoms. The van der Waals surface area contributed by atoms with Gasteiger partial charge in [0, 0.05) is 19.3 Å². The minimum Gasteiger partial charge on any atom is -0.399 e. The molecule has 5 nitrogen and oxygen atoms in total. The largest absolute Gasteiger partial charge is 0.399 e. The summed E-state index contributed by atoms with van der Waals surface area (Å²) in [6.45, 7) is 1.58. The Bertz CT molecular complexity index is 580. The topological polar surface area (TPSA) is 87.2 Å². The van der Waals surface area contributed by atoms with Crippen LogP contribution in [0, 0.1) is 23.1 Å². The van der Waals surface area contributed by atoms with E-state index in [0.717, 1.165) is 16.4 Å². The van der Waals surface area contributed by atoms with Crippen molar-refractivity contribution in [3.63, 3.8) is 0 Å². The van der Waals surface area contributed by atoms with Crippen molar-refractivity contribution < 1.29 is 12.8 Å². The molecule has 0 radical (unpaired) electrons. The van der Waals surface area contributed by atoms with Gasteiger partial charge < -0.3 is 5.73 Å². The summed E-state index contributed by atoms with van der Waals surface area (Å²) in [6, 6.07) is 5.28. The number of halogens is 1. The van der Waals surface area contributed by atoms with Crippen molar-refractivity contribution in [3.8, 4) is 6.07 Å². The molecule has 2 N–H and O–H groups in total. The highest BCUT2D eigenvalue weighted by atomic mass is 32.2. The third kappa shape index (κ3) is 2.97. The van der Waals surface area contributed by atoms with Crippen LogP contribution in [0.2, 0.25) is 0 Å². The van der Waals surface area contributed by atoms with E-state index in [-0.39, 0.29) is 12.2 Å². The number of nitrogen functional groups attached to an aromatic ring is 1. The first kappa shape index (κ1) is 14.4. The molecule has 0 aromatic heterocycles. The number of rotatable bonds is 4. The lowest BCUT2D eigenvalue weighted by atomic mass is 10.2. The Labute approximate surface area is 106 Å². The van der Waals surface area contributed by atoms with Crippen molar-refractivity contribution in [1.82, 2.24) is 4.31 Å². The number of hydrogen-bond acceptors (Lipinski definition) is 4. The van der Waals surface area contributed by atoms with E-state index in [1.54, 1.807) is 6.92 Å². The van der Waals surface area contributed by atoms with Gasteiger partial charge in [-0.25, -0.2) is 12.8 Å². The number of anilines is 1. The quantitative estimate of drug-likeness (QED) is 0.833. The molecule has 1 rings (SSSR count). The van der Waals surface area contributed by atoms with Crippen LogP contribution >= 0.6 is 0 Å². The van der Waals surface area contributed by atoms with Crippen LogP contribution in [0.25, 0.3) is 0 Å². The van der Waals surface area contributed by atoms with Gasteiger partial charge in [-0.1, -0.05) is 0 Å². The second-order valence-corrected chi connectivity index (χ2v) is 6.02. The Hall–Kier alpha value is -1.65. The molecule has 1 unspecified atom stereocenters. The zero-order chi connectivity index (χ0) is 13.9. The van der Waals surface area contributed by atoms with Crippen LogP contribution in [0.3, 0.4) is 0 Å². The van der Waals surface area contributed by atoms with Gasteiger partial charge in [-0.05, 0) is 25.1 Å². The summed E-state index contributed by atoms with van der Waals surface area (Å²) in [5, 5.41) is 8.65. The number of hydrogen-bond donors (Lipinski definition) is 1. The van der Waals surface area contributed by atoms with Crippen molar-refractivity contribution in [2.45, 2.75) is 11.8 Å². The molecule has 0 heterocycles. The summed E-state index contributed by atoms with van der Waals surface area (Å²) in [7, 11) is -2.67. The Morgan fingerprint density at radius 3 is 2.72 bits per heavy atom. The second-order valence-electron chi connectivity index (χ2n) is 4.01.